The van der Waals surface area contributed by atoms with Crippen molar-refractivity contribution in [3.63, 3.8) is 0 Å². The molecule has 0 atom stereocenters. The Balaban J connectivity index is 2.32. The number of rotatable bonds is 4. The predicted octanol–water partition coefficient (Wildman–Crippen LogP) is 1.95. The van der Waals surface area contributed by atoms with Crippen molar-refractivity contribution in [3.05, 3.63) is 57.1 Å². The zero-order valence-electron chi connectivity index (χ0n) is 9.41. The maximum Gasteiger partial charge on any atom is 0.274 e. The Morgan fingerprint density at radius 1 is 1.50 bits per heavy atom. The third-order valence-electron chi connectivity index (χ3n) is 2.49. The summed E-state index contributed by atoms with van der Waals surface area (Å²) in [7, 11) is 0. The molecule has 0 unspecified atom stereocenters. The van der Waals surface area contributed by atoms with Crippen molar-refractivity contribution in [1.29, 1.82) is 0 Å². The Labute approximate surface area is 108 Å². The fourth-order valence-electron chi connectivity index (χ4n) is 1.65. The van der Waals surface area contributed by atoms with Gasteiger partial charge >= 0.3 is 0 Å². The summed E-state index contributed by atoms with van der Waals surface area (Å²) in [6.07, 6.45) is 3.34. The molecule has 0 aliphatic carbocycles. The van der Waals surface area contributed by atoms with Crippen LogP contribution < -0.4 is 5.73 Å². The van der Waals surface area contributed by atoms with Crippen LogP contribution in [0.25, 0.3) is 0 Å². The van der Waals surface area contributed by atoms with Crippen LogP contribution in [-0.2, 0) is 13.1 Å². The molecule has 0 spiro atoms. The number of halogens is 1. The molecule has 1 heterocycles. The maximum absolute atomic E-state index is 10.9. The molecular formula is C11H11ClN4O2. The number of benzene rings is 1. The van der Waals surface area contributed by atoms with Gasteiger partial charge < -0.3 is 10.3 Å². The molecular weight excluding hydrogens is 256 g/mol. The minimum atomic E-state index is -0.424. The number of imidazole rings is 1. The highest BCUT2D eigenvalue weighted by molar-refractivity contribution is 6.30. The van der Waals surface area contributed by atoms with Gasteiger partial charge in [0.05, 0.1) is 29.1 Å². The number of aromatic nitrogens is 2. The summed E-state index contributed by atoms with van der Waals surface area (Å²) >= 11 is 5.85. The van der Waals surface area contributed by atoms with Gasteiger partial charge in [-0.3, -0.25) is 10.1 Å². The lowest BCUT2D eigenvalue weighted by atomic mass is 10.2. The van der Waals surface area contributed by atoms with Gasteiger partial charge in [-0.25, -0.2) is 4.98 Å². The number of nitro groups is 1. The monoisotopic (exact) mass is 266 g/mol. The van der Waals surface area contributed by atoms with Crippen LogP contribution in [0.5, 0.6) is 0 Å². The molecule has 0 bridgehead atoms. The van der Waals surface area contributed by atoms with Gasteiger partial charge in [0.25, 0.3) is 5.69 Å². The van der Waals surface area contributed by atoms with Crippen molar-refractivity contribution in [2.75, 3.05) is 0 Å². The summed E-state index contributed by atoms with van der Waals surface area (Å²) in [6, 6.07) is 4.49. The Morgan fingerprint density at radius 2 is 2.28 bits per heavy atom. The minimum Gasteiger partial charge on any atom is -0.332 e. The molecule has 0 saturated heterocycles. The number of nitrogens with two attached hydrogens (primary N) is 1. The standard InChI is InChI=1S/C11H11ClN4O2/c12-9-1-2-11(16(17)18)8(3-9)5-15-6-10(4-13)14-7-15/h1-3,6-7H,4-5,13H2. The molecule has 0 fully saturated rings. The van der Waals surface area contributed by atoms with E-state index in [2.05, 4.69) is 4.98 Å². The average molecular weight is 267 g/mol. The summed E-state index contributed by atoms with van der Waals surface area (Å²) in [4.78, 5) is 14.5. The predicted molar refractivity (Wildman–Crippen MR) is 67.3 cm³/mol. The van der Waals surface area contributed by atoms with Crippen LogP contribution >= 0.6 is 11.6 Å². The smallest absolute Gasteiger partial charge is 0.274 e. The second-order valence-corrected chi connectivity index (χ2v) is 4.21. The van der Waals surface area contributed by atoms with Gasteiger partial charge in [0, 0.05) is 23.8 Å². The van der Waals surface area contributed by atoms with Crippen molar-refractivity contribution in [2.24, 2.45) is 5.73 Å². The zero-order valence-corrected chi connectivity index (χ0v) is 10.2. The Kier molecular flexibility index (Phi) is 3.59. The van der Waals surface area contributed by atoms with Gasteiger partial charge in [-0.15, -0.1) is 0 Å². The van der Waals surface area contributed by atoms with Crippen LogP contribution in [0.4, 0.5) is 5.69 Å². The molecule has 2 N–H and O–H groups in total. The average Bonchev–Trinajstić information content (AvgIpc) is 2.76. The highest BCUT2D eigenvalue weighted by Gasteiger charge is 2.14. The molecule has 18 heavy (non-hydrogen) atoms. The van der Waals surface area contributed by atoms with E-state index in [9.17, 15) is 10.1 Å². The van der Waals surface area contributed by atoms with Gasteiger partial charge in [0.15, 0.2) is 0 Å². The van der Waals surface area contributed by atoms with Crippen LogP contribution in [-0.4, -0.2) is 14.5 Å². The van der Waals surface area contributed by atoms with E-state index in [0.29, 0.717) is 23.7 Å². The largest absolute Gasteiger partial charge is 0.332 e. The van der Waals surface area contributed by atoms with Gasteiger partial charge in [-0.1, -0.05) is 11.6 Å². The van der Waals surface area contributed by atoms with Crippen LogP contribution in [0.1, 0.15) is 11.3 Å². The van der Waals surface area contributed by atoms with E-state index in [4.69, 9.17) is 17.3 Å². The molecule has 0 amide bonds. The first-order chi connectivity index (χ1) is 8.60. The molecule has 2 aromatic rings. The number of nitrogens with zero attached hydrogens (tertiary/aromatic N) is 3. The van der Waals surface area contributed by atoms with E-state index < -0.39 is 4.92 Å². The summed E-state index contributed by atoms with van der Waals surface area (Å²) in [6.45, 7) is 0.675. The molecule has 0 aliphatic heterocycles. The van der Waals surface area contributed by atoms with E-state index >= 15 is 0 Å². The SMILES string of the molecule is NCc1cn(Cc2cc(Cl)ccc2[N+](=O)[O-])cn1. The topological polar surface area (TPSA) is 87.0 Å². The van der Waals surface area contributed by atoms with Crippen molar-refractivity contribution in [2.45, 2.75) is 13.1 Å². The lowest BCUT2D eigenvalue weighted by Gasteiger charge is -2.04. The third-order valence-corrected chi connectivity index (χ3v) is 2.72. The summed E-state index contributed by atoms with van der Waals surface area (Å²) in [5.41, 5.74) is 6.77. The quantitative estimate of drug-likeness (QED) is 0.677. The first-order valence-electron chi connectivity index (χ1n) is 5.23. The second-order valence-electron chi connectivity index (χ2n) is 3.77. The van der Waals surface area contributed by atoms with Gasteiger partial charge in [-0.2, -0.15) is 0 Å². The van der Waals surface area contributed by atoms with Crippen LogP contribution in [0.2, 0.25) is 5.02 Å². The van der Waals surface area contributed by atoms with Gasteiger partial charge in [-0.05, 0) is 12.1 Å². The molecule has 6 nitrogen and oxygen atoms in total. The lowest BCUT2D eigenvalue weighted by Crippen LogP contribution is -2.02. The fraction of sp³-hybridized carbons (Fsp3) is 0.182. The Morgan fingerprint density at radius 3 is 2.89 bits per heavy atom. The summed E-state index contributed by atoms with van der Waals surface area (Å²) < 4.78 is 1.74. The molecule has 2 rings (SSSR count). The molecule has 7 heteroatoms. The van der Waals surface area contributed by atoms with Crippen molar-refractivity contribution in [3.8, 4) is 0 Å². The lowest BCUT2D eigenvalue weighted by molar-refractivity contribution is -0.385. The highest BCUT2D eigenvalue weighted by atomic mass is 35.5. The van der Waals surface area contributed by atoms with Gasteiger partial charge in [0.2, 0.25) is 0 Å². The van der Waals surface area contributed by atoms with Crippen molar-refractivity contribution < 1.29 is 4.92 Å². The van der Waals surface area contributed by atoms with E-state index in [0.717, 1.165) is 5.69 Å². The first-order valence-corrected chi connectivity index (χ1v) is 5.61. The summed E-state index contributed by atoms with van der Waals surface area (Å²) in [5, 5.41) is 11.4. The van der Waals surface area contributed by atoms with E-state index in [1.165, 1.54) is 12.1 Å². The zero-order chi connectivity index (χ0) is 13.1. The Hall–Kier alpha value is -1.92. The fourth-order valence-corrected chi connectivity index (χ4v) is 1.85. The maximum atomic E-state index is 10.9. The third kappa shape index (κ3) is 2.66. The number of nitro benzene ring substituents is 1. The number of hydrogen-bond acceptors (Lipinski definition) is 4. The Bertz CT molecular complexity index is 582. The van der Waals surface area contributed by atoms with Crippen LogP contribution in [0.15, 0.2) is 30.7 Å². The van der Waals surface area contributed by atoms with E-state index in [-0.39, 0.29) is 5.69 Å². The van der Waals surface area contributed by atoms with Crippen LogP contribution in [0, 0.1) is 10.1 Å². The van der Waals surface area contributed by atoms with Crippen molar-refractivity contribution >= 4 is 17.3 Å². The normalized spacial score (nSPS) is 10.6. The second kappa shape index (κ2) is 5.16. The van der Waals surface area contributed by atoms with Crippen LogP contribution in [0.3, 0.4) is 0 Å². The molecule has 0 aliphatic rings. The van der Waals surface area contributed by atoms with Crippen molar-refractivity contribution in [1.82, 2.24) is 9.55 Å². The molecule has 1 aromatic carbocycles. The van der Waals surface area contributed by atoms with Gasteiger partial charge in [0.1, 0.15) is 0 Å². The molecule has 1 aromatic heterocycles. The number of hydrogen-bond donors (Lipinski definition) is 1. The molecule has 0 saturated carbocycles. The first kappa shape index (κ1) is 12.5. The van der Waals surface area contributed by atoms with E-state index in [1.807, 2.05) is 0 Å². The molecule has 94 valence electrons. The summed E-state index contributed by atoms with van der Waals surface area (Å²) in [5.74, 6) is 0. The van der Waals surface area contributed by atoms with E-state index in [1.54, 1.807) is 23.2 Å². The highest BCUT2D eigenvalue weighted by Crippen LogP contribution is 2.23. The molecule has 0 radical (unpaired) electrons. The minimum absolute atomic E-state index is 0.0439.